The van der Waals surface area contributed by atoms with Gasteiger partial charge in [0.2, 0.25) is 5.95 Å². The third-order valence-electron chi connectivity index (χ3n) is 3.68. The maximum Gasteiger partial charge on any atom is 0.274 e. The van der Waals surface area contributed by atoms with Gasteiger partial charge < -0.3 is 10.6 Å². The zero-order valence-electron chi connectivity index (χ0n) is 14.0. The second kappa shape index (κ2) is 7.93. The standard InChI is InChI=1S/C19H16ClFN4O/c1-2-12-3-5-13(6-4-12)24-19-22-10-9-17(25-19)18(26)23-14-7-8-16(21)15(20)11-14/h3-11H,2H2,1H3,(H,23,26)(H,22,24,25). The molecule has 0 bridgehead atoms. The fourth-order valence-electron chi connectivity index (χ4n) is 2.27. The highest BCUT2D eigenvalue weighted by atomic mass is 35.5. The van der Waals surface area contributed by atoms with Gasteiger partial charge in [0.15, 0.2) is 0 Å². The first kappa shape index (κ1) is 17.8. The Kier molecular flexibility index (Phi) is 5.43. The Labute approximate surface area is 155 Å². The number of halogens is 2. The van der Waals surface area contributed by atoms with Crippen LogP contribution in [0.1, 0.15) is 23.0 Å². The van der Waals surface area contributed by atoms with E-state index < -0.39 is 11.7 Å². The van der Waals surface area contributed by atoms with Gasteiger partial charge >= 0.3 is 0 Å². The Balaban J connectivity index is 1.73. The van der Waals surface area contributed by atoms with Crippen molar-refractivity contribution in [2.45, 2.75) is 13.3 Å². The van der Waals surface area contributed by atoms with Gasteiger partial charge in [-0.2, -0.15) is 0 Å². The van der Waals surface area contributed by atoms with Gasteiger partial charge in [0.05, 0.1) is 5.02 Å². The monoisotopic (exact) mass is 370 g/mol. The van der Waals surface area contributed by atoms with Crippen LogP contribution in [-0.2, 0) is 6.42 Å². The number of nitrogens with zero attached hydrogens (tertiary/aromatic N) is 2. The SMILES string of the molecule is CCc1ccc(Nc2nccc(C(=O)Nc3ccc(F)c(Cl)c3)n2)cc1. The zero-order chi connectivity index (χ0) is 18.5. The van der Waals surface area contributed by atoms with Crippen LogP contribution >= 0.6 is 11.6 Å². The quantitative estimate of drug-likeness (QED) is 0.675. The summed E-state index contributed by atoms with van der Waals surface area (Å²) in [6.07, 6.45) is 2.45. The number of benzene rings is 2. The molecule has 0 aliphatic heterocycles. The highest BCUT2D eigenvalue weighted by Crippen LogP contribution is 2.20. The van der Waals surface area contributed by atoms with Crippen molar-refractivity contribution >= 4 is 34.8 Å². The first-order valence-corrected chi connectivity index (χ1v) is 8.38. The number of hydrogen-bond acceptors (Lipinski definition) is 4. The largest absolute Gasteiger partial charge is 0.324 e. The highest BCUT2D eigenvalue weighted by Gasteiger charge is 2.11. The van der Waals surface area contributed by atoms with Gasteiger partial charge in [-0.25, -0.2) is 14.4 Å². The Morgan fingerprint density at radius 2 is 1.85 bits per heavy atom. The molecule has 0 aliphatic rings. The van der Waals surface area contributed by atoms with Crippen LogP contribution in [0.2, 0.25) is 5.02 Å². The van der Waals surface area contributed by atoms with Gasteiger partial charge in [0.1, 0.15) is 11.5 Å². The van der Waals surface area contributed by atoms with Crippen LogP contribution in [-0.4, -0.2) is 15.9 Å². The molecule has 1 heterocycles. The van der Waals surface area contributed by atoms with Gasteiger partial charge in [-0.05, 0) is 48.4 Å². The highest BCUT2D eigenvalue weighted by molar-refractivity contribution is 6.31. The third kappa shape index (κ3) is 4.34. The van der Waals surface area contributed by atoms with E-state index in [9.17, 15) is 9.18 Å². The summed E-state index contributed by atoms with van der Waals surface area (Å²) in [6.45, 7) is 2.09. The average Bonchev–Trinajstić information content (AvgIpc) is 2.65. The average molecular weight is 371 g/mol. The summed E-state index contributed by atoms with van der Waals surface area (Å²) < 4.78 is 13.2. The zero-order valence-corrected chi connectivity index (χ0v) is 14.7. The van der Waals surface area contributed by atoms with Gasteiger partial charge in [0.25, 0.3) is 5.91 Å². The lowest BCUT2D eigenvalue weighted by Gasteiger charge is -2.08. The number of rotatable bonds is 5. The van der Waals surface area contributed by atoms with E-state index in [-0.39, 0.29) is 10.7 Å². The van der Waals surface area contributed by atoms with Crippen LogP contribution in [0.25, 0.3) is 0 Å². The van der Waals surface area contributed by atoms with E-state index in [0.29, 0.717) is 11.6 Å². The van der Waals surface area contributed by atoms with Crippen molar-refractivity contribution in [1.82, 2.24) is 9.97 Å². The van der Waals surface area contributed by atoms with Crippen molar-refractivity contribution in [3.8, 4) is 0 Å². The van der Waals surface area contributed by atoms with Crippen LogP contribution in [0.15, 0.2) is 54.7 Å². The molecule has 1 aromatic heterocycles. The number of aryl methyl sites for hydroxylation is 1. The smallest absolute Gasteiger partial charge is 0.274 e. The van der Waals surface area contributed by atoms with Crippen molar-refractivity contribution in [2.24, 2.45) is 0 Å². The van der Waals surface area contributed by atoms with Crippen LogP contribution in [0.4, 0.5) is 21.7 Å². The summed E-state index contributed by atoms with van der Waals surface area (Å²) in [7, 11) is 0. The van der Waals surface area contributed by atoms with Crippen LogP contribution < -0.4 is 10.6 Å². The van der Waals surface area contributed by atoms with E-state index in [2.05, 4.69) is 27.5 Å². The Hall–Kier alpha value is -2.99. The summed E-state index contributed by atoms with van der Waals surface area (Å²) >= 11 is 5.72. The van der Waals surface area contributed by atoms with E-state index in [1.807, 2.05) is 24.3 Å². The number of hydrogen-bond donors (Lipinski definition) is 2. The lowest BCUT2D eigenvalue weighted by atomic mass is 10.1. The van der Waals surface area contributed by atoms with Crippen molar-refractivity contribution < 1.29 is 9.18 Å². The van der Waals surface area contributed by atoms with Crippen LogP contribution in [0.5, 0.6) is 0 Å². The van der Waals surface area contributed by atoms with E-state index in [1.54, 1.807) is 0 Å². The van der Waals surface area contributed by atoms with E-state index in [1.165, 1.54) is 36.0 Å². The molecule has 5 nitrogen and oxygen atoms in total. The Bertz CT molecular complexity index is 931. The van der Waals surface area contributed by atoms with Crippen molar-refractivity contribution in [1.29, 1.82) is 0 Å². The molecule has 0 fully saturated rings. The minimum absolute atomic E-state index is 0.0663. The molecular weight excluding hydrogens is 355 g/mol. The summed E-state index contributed by atoms with van der Waals surface area (Å²) in [5.74, 6) is -0.689. The molecule has 0 saturated carbocycles. The molecule has 3 rings (SSSR count). The fraction of sp³-hybridized carbons (Fsp3) is 0.105. The molecule has 0 atom stereocenters. The molecule has 0 saturated heterocycles. The lowest BCUT2D eigenvalue weighted by Crippen LogP contribution is -2.14. The Morgan fingerprint density at radius 3 is 2.54 bits per heavy atom. The Morgan fingerprint density at radius 1 is 1.12 bits per heavy atom. The van der Waals surface area contributed by atoms with Gasteiger partial charge in [-0.15, -0.1) is 0 Å². The van der Waals surface area contributed by atoms with Gasteiger partial charge in [-0.1, -0.05) is 30.7 Å². The molecule has 7 heteroatoms. The number of anilines is 3. The van der Waals surface area contributed by atoms with E-state index in [4.69, 9.17) is 11.6 Å². The normalized spacial score (nSPS) is 10.4. The second-order valence-electron chi connectivity index (χ2n) is 5.52. The molecule has 1 amide bonds. The molecule has 2 aromatic carbocycles. The number of carbonyl (C=O) groups excluding carboxylic acids is 1. The maximum absolute atomic E-state index is 13.2. The van der Waals surface area contributed by atoms with Gasteiger partial charge in [-0.3, -0.25) is 4.79 Å². The van der Waals surface area contributed by atoms with Gasteiger partial charge in [0, 0.05) is 17.6 Å². The molecule has 2 N–H and O–H groups in total. The number of amides is 1. The summed E-state index contributed by atoms with van der Waals surface area (Å²) in [6, 6.07) is 13.3. The van der Waals surface area contributed by atoms with E-state index >= 15 is 0 Å². The summed E-state index contributed by atoms with van der Waals surface area (Å²) in [5, 5.41) is 5.62. The molecule has 0 unspecified atom stereocenters. The number of nitrogens with one attached hydrogen (secondary N) is 2. The summed E-state index contributed by atoms with van der Waals surface area (Å²) in [4.78, 5) is 20.7. The first-order chi connectivity index (χ1) is 12.5. The van der Waals surface area contributed by atoms with E-state index in [0.717, 1.165) is 12.1 Å². The second-order valence-corrected chi connectivity index (χ2v) is 5.93. The molecule has 26 heavy (non-hydrogen) atoms. The van der Waals surface area contributed by atoms with Crippen molar-refractivity contribution in [3.63, 3.8) is 0 Å². The molecule has 3 aromatic rings. The maximum atomic E-state index is 13.2. The predicted octanol–water partition coefficient (Wildman–Crippen LogP) is 4.83. The molecule has 132 valence electrons. The summed E-state index contributed by atoms with van der Waals surface area (Å²) in [5.41, 5.74) is 2.60. The lowest BCUT2D eigenvalue weighted by molar-refractivity contribution is 0.102. The third-order valence-corrected chi connectivity index (χ3v) is 3.97. The minimum Gasteiger partial charge on any atom is -0.324 e. The molecule has 0 spiro atoms. The molecule has 0 radical (unpaired) electrons. The minimum atomic E-state index is -0.549. The topological polar surface area (TPSA) is 66.9 Å². The molecular formula is C19H16ClFN4O. The van der Waals surface area contributed by atoms with Crippen molar-refractivity contribution in [3.05, 3.63) is 76.8 Å². The fourth-order valence-corrected chi connectivity index (χ4v) is 2.45. The van der Waals surface area contributed by atoms with Crippen molar-refractivity contribution in [2.75, 3.05) is 10.6 Å². The number of carbonyl (C=O) groups is 1. The predicted molar refractivity (Wildman–Crippen MR) is 100 cm³/mol. The first-order valence-electron chi connectivity index (χ1n) is 8.00. The number of aromatic nitrogens is 2. The van der Waals surface area contributed by atoms with Crippen LogP contribution in [0.3, 0.4) is 0 Å². The van der Waals surface area contributed by atoms with Crippen LogP contribution in [0, 0.1) is 5.82 Å². The molecule has 0 aliphatic carbocycles.